The van der Waals surface area contributed by atoms with E-state index in [4.69, 9.17) is 4.74 Å². The van der Waals surface area contributed by atoms with Gasteiger partial charge in [-0.25, -0.2) is 4.79 Å². The van der Waals surface area contributed by atoms with Crippen molar-refractivity contribution in [2.75, 3.05) is 31.6 Å². The number of anilines is 1. The average Bonchev–Trinajstić information content (AvgIpc) is 3.14. The molecule has 0 saturated carbocycles. The summed E-state index contributed by atoms with van der Waals surface area (Å²) in [5, 5.41) is 5.90. The fourth-order valence-corrected chi connectivity index (χ4v) is 3.38. The first-order chi connectivity index (χ1) is 13.2. The van der Waals surface area contributed by atoms with Crippen molar-refractivity contribution in [2.24, 2.45) is 5.92 Å². The van der Waals surface area contributed by atoms with E-state index in [1.807, 2.05) is 37.3 Å². The molecule has 5 nitrogen and oxygen atoms in total. The SMILES string of the molecule is CCOCc1ccc(NC(=O)NCC2CCN(Cc3ccccc3)C2)cc1. The molecular weight excluding hydrogens is 338 g/mol. The minimum absolute atomic E-state index is 0.144. The van der Waals surface area contributed by atoms with Crippen LogP contribution >= 0.6 is 0 Å². The van der Waals surface area contributed by atoms with Crippen LogP contribution in [0.3, 0.4) is 0 Å². The van der Waals surface area contributed by atoms with Crippen LogP contribution in [0, 0.1) is 5.92 Å². The van der Waals surface area contributed by atoms with Gasteiger partial charge in [-0.1, -0.05) is 42.5 Å². The Bertz CT molecular complexity index is 703. The minimum Gasteiger partial charge on any atom is -0.377 e. The molecule has 1 heterocycles. The summed E-state index contributed by atoms with van der Waals surface area (Å²) in [4.78, 5) is 14.6. The molecule has 1 atom stereocenters. The van der Waals surface area contributed by atoms with Gasteiger partial charge in [0.2, 0.25) is 0 Å². The molecule has 144 valence electrons. The molecule has 0 bridgehead atoms. The molecule has 27 heavy (non-hydrogen) atoms. The summed E-state index contributed by atoms with van der Waals surface area (Å²) in [7, 11) is 0. The van der Waals surface area contributed by atoms with E-state index in [0.717, 1.165) is 37.3 Å². The van der Waals surface area contributed by atoms with Gasteiger partial charge in [0.25, 0.3) is 0 Å². The van der Waals surface area contributed by atoms with Crippen LogP contribution < -0.4 is 10.6 Å². The van der Waals surface area contributed by atoms with E-state index in [1.54, 1.807) is 0 Å². The molecule has 2 aromatic rings. The minimum atomic E-state index is -0.144. The zero-order valence-corrected chi connectivity index (χ0v) is 16.0. The summed E-state index contributed by atoms with van der Waals surface area (Å²) in [6.07, 6.45) is 1.12. The van der Waals surface area contributed by atoms with Crippen LogP contribution in [0.5, 0.6) is 0 Å². The van der Waals surface area contributed by atoms with Crippen LogP contribution in [0.2, 0.25) is 0 Å². The molecule has 1 aliphatic rings. The number of carbonyl (C=O) groups excluding carboxylic acids is 1. The van der Waals surface area contributed by atoms with Gasteiger partial charge < -0.3 is 15.4 Å². The van der Waals surface area contributed by atoms with Gasteiger partial charge in [0.15, 0.2) is 0 Å². The lowest BCUT2D eigenvalue weighted by Gasteiger charge is -2.16. The largest absolute Gasteiger partial charge is 0.377 e. The van der Waals surface area contributed by atoms with Crippen molar-refractivity contribution in [1.29, 1.82) is 0 Å². The highest BCUT2D eigenvalue weighted by Crippen LogP contribution is 2.18. The molecular formula is C22H29N3O2. The second-order valence-electron chi connectivity index (χ2n) is 7.04. The highest BCUT2D eigenvalue weighted by molar-refractivity contribution is 5.89. The number of nitrogens with one attached hydrogen (secondary N) is 2. The molecule has 0 aliphatic carbocycles. The number of hydrogen-bond acceptors (Lipinski definition) is 3. The average molecular weight is 367 g/mol. The number of urea groups is 1. The number of ether oxygens (including phenoxy) is 1. The van der Waals surface area contributed by atoms with E-state index >= 15 is 0 Å². The van der Waals surface area contributed by atoms with Crippen molar-refractivity contribution < 1.29 is 9.53 Å². The van der Waals surface area contributed by atoms with Crippen molar-refractivity contribution >= 4 is 11.7 Å². The van der Waals surface area contributed by atoms with Gasteiger partial charge >= 0.3 is 6.03 Å². The zero-order chi connectivity index (χ0) is 18.9. The molecule has 1 fully saturated rings. The molecule has 0 aromatic heterocycles. The quantitative estimate of drug-likeness (QED) is 0.745. The molecule has 5 heteroatoms. The van der Waals surface area contributed by atoms with E-state index in [2.05, 4.69) is 39.8 Å². The number of benzene rings is 2. The van der Waals surface area contributed by atoms with Crippen LogP contribution in [0.15, 0.2) is 54.6 Å². The molecule has 3 rings (SSSR count). The maximum Gasteiger partial charge on any atom is 0.319 e. The summed E-state index contributed by atoms with van der Waals surface area (Å²) in [5.41, 5.74) is 3.24. The standard InChI is InChI=1S/C22H29N3O2/c1-2-27-17-19-8-10-21(11-9-19)24-22(26)23-14-20-12-13-25(16-20)15-18-6-4-3-5-7-18/h3-11,20H,2,12-17H2,1H3,(H2,23,24,26). The van der Waals surface area contributed by atoms with Gasteiger partial charge in [-0.15, -0.1) is 0 Å². The number of rotatable bonds is 8. The summed E-state index contributed by atoms with van der Waals surface area (Å²) in [6.45, 7) is 7.09. The molecule has 2 amide bonds. The number of carbonyl (C=O) groups is 1. The normalized spacial score (nSPS) is 17.0. The fourth-order valence-electron chi connectivity index (χ4n) is 3.38. The Morgan fingerprint density at radius 1 is 1.11 bits per heavy atom. The van der Waals surface area contributed by atoms with Crippen molar-refractivity contribution in [3.63, 3.8) is 0 Å². The van der Waals surface area contributed by atoms with Crippen molar-refractivity contribution in [3.8, 4) is 0 Å². The first kappa shape index (κ1) is 19.4. The summed E-state index contributed by atoms with van der Waals surface area (Å²) >= 11 is 0. The third-order valence-electron chi connectivity index (χ3n) is 4.85. The number of hydrogen-bond donors (Lipinski definition) is 2. The van der Waals surface area contributed by atoms with E-state index in [-0.39, 0.29) is 6.03 Å². The molecule has 0 spiro atoms. The van der Waals surface area contributed by atoms with Gasteiger partial charge in [0.1, 0.15) is 0 Å². The molecule has 1 saturated heterocycles. The number of nitrogens with zero attached hydrogens (tertiary/aromatic N) is 1. The van der Waals surface area contributed by atoms with Gasteiger partial charge in [-0.2, -0.15) is 0 Å². The predicted octanol–water partition coefficient (Wildman–Crippen LogP) is 3.87. The van der Waals surface area contributed by atoms with Gasteiger partial charge in [0, 0.05) is 31.9 Å². The lowest BCUT2D eigenvalue weighted by atomic mass is 10.1. The first-order valence-electron chi connectivity index (χ1n) is 9.70. The second-order valence-corrected chi connectivity index (χ2v) is 7.04. The Balaban J connectivity index is 1.37. The Morgan fingerprint density at radius 2 is 1.89 bits per heavy atom. The summed E-state index contributed by atoms with van der Waals surface area (Å²) < 4.78 is 5.38. The monoisotopic (exact) mass is 367 g/mol. The van der Waals surface area contributed by atoms with Crippen molar-refractivity contribution in [1.82, 2.24) is 10.2 Å². The number of amides is 2. The summed E-state index contributed by atoms with van der Waals surface area (Å²) in [5.74, 6) is 0.507. The van der Waals surface area contributed by atoms with Crippen molar-refractivity contribution in [3.05, 3.63) is 65.7 Å². The third-order valence-corrected chi connectivity index (χ3v) is 4.85. The van der Waals surface area contributed by atoms with Crippen LogP contribution in [0.1, 0.15) is 24.5 Å². The Labute approximate surface area is 161 Å². The smallest absolute Gasteiger partial charge is 0.319 e. The third kappa shape index (κ3) is 6.38. The van der Waals surface area contributed by atoms with Gasteiger partial charge in [-0.3, -0.25) is 4.90 Å². The lowest BCUT2D eigenvalue weighted by molar-refractivity contribution is 0.134. The number of likely N-dealkylation sites (tertiary alicyclic amines) is 1. The molecule has 1 unspecified atom stereocenters. The molecule has 1 aliphatic heterocycles. The van der Waals surface area contributed by atoms with Gasteiger partial charge in [0.05, 0.1) is 6.61 Å². The van der Waals surface area contributed by atoms with Crippen molar-refractivity contribution in [2.45, 2.75) is 26.5 Å². The fraction of sp³-hybridized carbons (Fsp3) is 0.409. The zero-order valence-electron chi connectivity index (χ0n) is 16.0. The maximum atomic E-state index is 12.1. The lowest BCUT2D eigenvalue weighted by Crippen LogP contribution is -2.34. The topological polar surface area (TPSA) is 53.6 Å². The van der Waals surface area contributed by atoms with E-state index in [1.165, 1.54) is 5.56 Å². The maximum absolute atomic E-state index is 12.1. The Hall–Kier alpha value is -2.37. The molecule has 2 N–H and O–H groups in total. The summed E-state index contributed by atoms with van der Waals surface area (Å²) in [6, 6.07) is 18.2. The Morgan fingerprint density at radius 3 is 2.63 bits per heavy atom. The highest BCUT2D eigenvalue weighted by Gasteiger charge is 2.22. The van der Waals surface area contributed by atoms with Crippen LogP contribution in [0.25, 0.3) is 0 Å². The van der Waals surface area contributed by atoms with Crippen LogP contribution in [0.4, 0.5) is 10.5 Å². The van der Waals surface area contributed by atoms with E-state index in [9.17, 15) is 4.79 Å². The van der Waals surface area contributed by atoms with Gasteiger partial charge in [-0.05, 0) is 49.1 Å². The van der Waals surface area contributed by atoms with Crippen LogP contribution in [-0.2, 0) is 17.9 Å². The first-order valence-corrected chi connectivity index (χ1v) is 9.70. The Kier molecular flexibility index (Phi) is 7.25. The van der Waals surface area contributed by atoms with E-state index in [0.29, 0.717) is 25.7 Å². The van der Waals surface area contributed by atoms with E-state index < -0.39 is 0 Å². The molecule has 0 radical (unpaired) electrons. The molecule has 2 aromatic carbocycles. The highest BCUT2D eigenvalue weighted by atomic mass is 16.5. The second kappa shape index (κ2) is 10.1. The van der Waals surface area contributed by atoms with Crippen LogP contribution in [-0.4, -0.2) is 37.2 Å². The predicted molar refractivity (Wildman–Crippen MR) is 109 cm³/mol.